The van der Waals surface area contributed by atoms with Gasteiger partial charge in [0.05, 0.1) is 25.3 Å². The van der Waals surface area contributed by atoms with E-state index in [-0.39, 0.29) is 18.1 Å². The number of hydrogen-bond donors (Lipinski definition) is 0. The maximum Gasteiger partial charge on any atom is 0.330 e. The highest BCUT2D eigenvalue weighted by Gasteiger charge is 2.25. The van der Waals surface area contributed by atoms with Gasteiger partial charge in [-0.3, -0.25) is 4.90 Å². The van der Waals surface area contributed by atoms with Crippen molar-refractivity contribution in [2.45, 2.75) is 32.9 Å². The normalized spacial score (nSPS) is 18.0. The minimum atomic E-state index is -0.281. The molecule has 1 saturated heterocycles. The molecule has 1 aromatic heterocycles. The van der Waals surface area contributed by atoms with Crippen LogP contribution in [0.5, 0.6) is 0 Å². The number of ether oxygens (including phenoxy) is 2. The number of hydrogen-bond acceptors (Lipinski definition) is 6. The monoisotopic (exact) mass is 372 g/mol. The van der Waals surface area contributed by atoms with Gasteiger partial charge in [-0.1, -0.05) is 30.3 Å². The third-order valence-corrected chi connectivity index (χ3v) is 4.85. The predicted molar refractivity (Wildman–Crippen MR) is 103 cm³/mol. The van der Waals surface area contributed by atoms with Gasteiger partial charge in [-0.05, 0) is 37.8 Å². The zero-order valence-electron chi connectivity index (χ0n) is 16.1. The van der Waals surface area contributed by atoms with Crippen LogP contribution in [0.3, 0.4) is 0 Å². The molecule has 0 spiro atoms. The summed E-state index contributed by atoms with van der Waals surface area (Å²) >= 11 is 0. The number of carbonyl (C=O) groups excluding carboxylic acids is 1. The van der Waals surface area contributed by atoms with E-state index >= 15 is 0 Å². The molecule has 0 radical (unpaired) electrons. The third kappa shape index (κ3) is 5.14. The van der Waals surface area contributed by atoms with Crippen LogP contribution in [0.2, 0.25) is 0 Å². The number of nitrogens with zero attached hydrogens (tertiary/aromatic N) is 4. The summed E-state index contributed by atoms with van der Waals surface area (Å²) in [6.45, 7) is 7.56. The molecule has 7 heteroatoms. The molecule has 2 unspecified atom stereocenters. The summed E-state index contributed by atoms with van der Waals surface area (Å²) in [5.74, 6) is -0.0101. The van der Waals surface area contributed by atoms with Gasteiger partial charge in [0, 0.05) is 19.2 Å². The predicted octanol–water partition coefficient (Wildman–Crippen LogP) is 2.80. The van der Waals surface area contributed by atoms with Crippen molar-refractivity contribution in [3.63, 3.8) is 0 Å². The molecule has 3 rings (SSSR count). The molecule has 7 nitrogen and oxygen atoms in total. The highest BCUT2D eigenvalue weighted by Crippen LogP contribution is 2.26. The second-order valence-corrected chi connectivity index (χ2v) is 6.82. The Morgan fingerprint density at radius 2 is 2.07 bits per heavy atom. The summed E-state index contributed by atoms with van der Waals surface area (Å²) in [7, 11) is 0. The van der Waals surface area contributed by atoms with Gasteiger partial charge in [0.1, 0.15) is 11.7 Å². The molecule has 0 saturated carbocycles. The number of rotatable bonds is 8. The molecule has 0 bridgehead atoms. The van der Waals surface area contributed by atoms with Crippen LogP contribution in [0.1, 0.15) is 32.9 Å². The van der Waals surface area contributed by atoms with E-state index in [9.17, 15) is 4.79 Å². The Hall–Kier alpha value is -2.25. The number of carbonyl (C=O) groups is 1. The van der Waals surface area contributed by atoms with E-state index in [0.29, 0.717) is 6.61 Å². The first-order valence-corrected chi connectivity index (χ1v) is 9.65. The van der Waals surface area contributed by atoms with Gasteiger partial charge >= 0.3 is 5.97 Å². The molecule has 146 valence electrons. The first-order valence-electron chi connectivity index (χ1n) is 9.65. The van der Waals surface area contributed by atoms with Gasteiger partial charge in [0.2, 0.25) is 0 Å². The first-order chi connectivity index (χ1) is 13.2. The number of benzene rings is 1. The van der Waals surface area contributed by atoms with Gasteiger partial charge in [0.25, 0.3) is 0 Å². The molecule has 1 aliphatic heterocycles. The lowest BCUT2D eigenvalue weighted by Crippen LogP contribution is -2.41. The largest absolute Gasteiger partial charge is 0.463 e. The minimum Gasteiger partial charge on any atom is -0.463 e. The Kier molecular flexibility index (Phi) is 6.95. The molecule has 2 heterocycles. The summed E-state index contributed by atoms with van der Waals surface area (Å²) in [5, 5.41) is 8.76. The average Bonchev–Trinajstić information content (AvgIpc) is 3.12. The molecule has 1 aromatic carbocycles. The highest BCUT2D eigenvalue weighted by molar-refractivity contribution is 5.81. The maximum absolute atomic E-state index is 11.5. The molecular weight excluding hydrogens is 344 g/mol. The third-order valence-electron chi connectivity index (χ3n) is 4.85. The van der Waals surface area contributed by atoms with Gasteiger partial charge in [-0.25, -0.2) is 9.48 Å². The number of fused-ring (bicyclic) bond motifs is 1. The summed E-state index contributed by atoms with van der Waals surface area (Å²) in [6.07, 6.45) is 5.43. The van der Waals surface area contributed by atoms with E-state index < -0.39 is 0 Å². The Labute approximate surface area is 159 Å². The van der Waals surface area contributed by atoms with E-state index in [1.807, 2.05) is 35.9 Å². The SMILES string of the molecule is CCOC(=O)/C=C/C(C)CCC(N1CCOCC1)n1nnc2ccccc21. The number of aromatic nitrogens is 3. The molecule has 0 N–H and O–H groups in total. The fraction of sp³-hybridized carbons (Fsp3) is 0.550. The van der Waals surface area contributed by atoms with Gasteiger partial charge in [-0.15, -0.1) is 5.10 Å². The van der Waals surface area contributed by atoms with Crippen LogP contribution in [-0.2, 0) is 14.3 Å². The quantitative estimate of drug-likeness (QED) is 0.524. The van der Waals surface area contributed by atoms with E-state index in [1.165, 1.54) is 6.08 Å². The van der Waals surface area contributed by atoms with E-state index in [2.05, 4.69) is 28.2 Å². The number of allylic oxidation sites excluding steroid dienone is 1. The van der Waals surface area contributed by atoms with E-state index in [0.717, 1.165) is 50.2 Å². The molecule has 0 amide bonds. The van der Waals surface area contributed by atoms with Gasteiger partial charge in [0.15, 0.2) is 0 Å². The smallest absolute Gasteiger partial charge is 0.330 e. The lowest BCUT2D eigenvalue weighted by molar-refractivity contribution is -0.137. The van der Waals surface area contributed by atoms with Gasteiger partial charge < -0.3 is 9.47 Å². The standard InChI is InChI=1S/C20H28N4O3/c1-3-27-20(25)11-9-16(2)8-10-19(23-12-14-26-15-13-23)24-18-7-5-4-6-17(18)21-22-24/h4-7,9,11,16,19H,3,8,10,12-15H2,1-2H3/b11-9+. The Morgan fingerprint density at radius 3 is 2.85 bits per heavy atom. The Bertz CT molecular complexity index is 767. The molecule has 0 aliphatic carbocycles. The van der Waals surface area contributed by atoms with Crippen LogP contribution >= 0.6 is 0 Å². The minimum absolute atomic E-state index is 0.125. The zero-order chi connectivity index (χ0) is 19.1. The lowest BCUT2D eigenvalue weighted by atomic mass is 10.0. The topological polar surface area (TPSA) is 69.5 Å². The van der Waals surface area contributed by atoms with Crippen molar-refractivity contribution in [2.75, 3.05) is 32.9 Å². The van der Waals surface area contributed by atoms with Crippen molar-refractivity contribution < 1.29 is 14.3 Å². The van der Waals surface area contributed by atoms with Crippen LogP contribution in [0.15, 0.2) is 36.4 Å². The zero-order valence-corrected chi connectivity index (χ0v) is 16.1. The van der Waals surface area contributed by atoms with E-state index in [4.69, 9.17) is 9.47 Å². The second-order valence-electron chi connectivity index (χ2n) is 6.82. The maximum atomic E-state index is 11.5. The molecule has 2 aromatic rings. The van der Waals surface area contributed by atoms with Crippen molar-refractivity contribution in [1.82, 2.24) is 19.9 Å². The average molecular weight is 372 g/mol. The van der Waals surface area contributed by atoms with Gasteiger partial charge in [-0.2, -0.15) is 0 Å². The molecule has 27 heavy (non-hydrogen) atoms. The highest BCUT2D eigenvalue weighted by atomic mass is 16.5. The molecular formula is C20H28N4O3. The fourth-order valence-electron chi connectivity index (χ4n) is 3.38. The van der Waals surface area contributed by atoms with E-state index in [1.54, 1.807) is 0 Å². The second kappa shape index (κ2) is 9.62. The summed E-state index contributed by atoms with van der Waals surface area (Å²) in [4.78, 5) is 13.9. The van der Waals surface area contributed by atoms with Crippen LogP contribution in [0.4, 0.5) is 0 Å². The van der Waals surface area contributed by atoms with Crippen LogP contribution in [0.25, 0.3) is 11.0 Å². The summed E-state index contributed by atoms with van der Waals surface area (Å²) in [6, 6.07) is 8.05. The molecule has 1 aliphatic rings. The Morgan fingerprint density at radius 1 is 1.30 bits per heavy atom. The van der Waals surface area contributed by atoms with Crippen LogP contribution in [-0.4, -0.2) is 58.8 Å². The molecule has 2 atom stereocenters. The lowest BCUT2D eigenvalue weighted by Gasteiger charge is -2.34. The van der Waals surface area contributed by atoms with Crippen molar-refractivity contribution in [3.05, 3.63) is 36.4 Å². The van der Waals surface area contributed by atoms with Crippen molar-refractivity contribution in [1.29, 1.82) is 0 Å². The Balaban J connectivity index is 1.72. The summed E-state index contributed by atoms with van der Waals surface area (Å²) in [5.41, 5.74) is 1.95. The van der Waals surface area contributed by atoms with Crippen LogP contribution in [0, 0.1) is 5.92 Å². The molecule has 1 fully saturated rings. The first kappa shape index (κ1) is 19.5. The van der Waals surface area contributed by atoms with Crippen molar-refractivity contribution >= 4 is 17.0 Å². The van der Waals surface area contributed by atoms with Crippen LogP contribution < -0.4 is 0 Å². The van der Waals surface area contributed by atoms with Crippen molar-refractivity contribution in [2.24, 2.45) is 5.92 Å². The number of para-hydroxylation sites is 1. The summed E-state index contributed by atoms with van der Waals surface area (Å²) < 4.78 is 12.5. The number of morpholine rings is 1. The van der Waals surface area contributed by atoms with Crippen molar-refractivity contribution in [3.8, 4) is 0 Å². The fourth-order valence-corrected chi connectivity index (χ4v) is 3.38. The number of esters is 1.